The second-order valence-corrected chi connectivity index (χ2v) is 16.5. The van der Waals surface area contributed by atoms with Crippen molar-refractivity contribution in [3.63, 3.8) is 0 Å². The molecular formula is C40H72N2O11. The molecule has 0 rings (SSSR count). The van der Waals surface area contributed by atoms with Crippen molar-refractivity contribution in [3.8, 4) is 0 Å². The zero-order chi connectivity index (χ0) is 42.3. The largest absolute Gasteiger partial charge is 0.481 e. The van der Waals surface area contributed by atoms with Gasteiger partial charge in [0.2, 0.25) is 5.91 Å². The highest BCUT2D eigenvalue weighted by Crippen LogP contribution is 2.17. The summed E-state index contributed by atoms with van der Waals surface area (Å²) >= 11 is 0. The molecule has 53 heavy (non-hydrogen) atoms. The van der Waals surface area contributed by atoms with Crippen molar-refractivity contribution < 1.29 is 52.9 Å². The smallest absolute Gasteiger partial charge is 0.309 e. The van der Waals surface area contributed by atoms with E-state index in [1.54, 1.807) is 55.4 Å². The van der Waals surface area contributed by atoms with Crippen molar-refractivity contribution in [1.29, 1.82) is 0 Å². The highest BCUT2D eigenvalue weighted by Gasteiger charge is 2.30. The number of nitrogens with one attached hydrogen (secondary N) is 1. The molecule has 1 amide bonds. The van der Waals surface area contributed by atoms with E-state index in [0.29, 0.717) is 38.5 Å². The van der Waals surface area contributed by atoms with Gasteiger partial charge in [-0.3, -0.25) is 28.8 Å². The van der Waals surface area contributed by atoms with Crippen LogP contribution in [0.2, 0.25) is 0 Å². The zero-order valence-electron chi connectivity index (χ0n) is 35.1. The highest BCUT2D eigenvalue weighted by atomic mass is 16.6. The minimum atomic E-state index is -0.788. The number of esters is 2. The molecule has 308 valence electrons. The van der Waals surface area contributed by atoms with Gasteiger partial charge in [0.05, 0.1) is 23.9 Å². The number of carboxylic acids is 1. The molecule has 0 bridgehead atoms. The number of rotatable bonds is 21. The Balaban J connectivity index is -0.000000790. The molecule has 0 spiro atoms. The number of aliphatic carboxylic acids is 1. The van der Waals surface area contributed by atoms with Crippen LogP contribution in [0.5, 0.6) is 0 Å². The number of carbonyl (C=O) groups is 8. The van der Waals surface area contributed by atoms with Gasteiger partial charge in [0.1, 0.15) is 22.8 Å². The molecular weight excluding hydrogens is 684 g/mol. The highest BCUT2D eigenvalue weighted by molar-refractivity contribution is 5.91. The van der Waals surface area contributed by atoms with Crippen molar-refractivity contribution in [3.05, 3.63) is 0 Å². The summed E-state index contributed by atoms with van der Waals surface area (Å²) in [5.41, 5.74) is 4.62. The van der Waals surface area contributed by atoms with Crippen LogP contribution in [0.1, 0.15) is 161 Å². The molecule has 0 saturated heterocycles. The fourth-order valence-corrected chi connectivity index (χ4v) is 4.38. The van der Waals surface area contributed by atoms with Crippen LogP contribution < -0.4 is 11.1 Å². The summed E-state index contributed by atoms with van der Waals surface area (Å²) in [5.74, 6) is -2.75. The second-order valence-electron chi connectivity index (χ2n) is 16.5. The van der Waals surface area contributed by atoms with Gasteiger partial charge in [0.15, 0.2) is 11.6 Å². The molecule has 0 fully saturated rings. The van der Waals surface area contributed by atoms with Gasteiger partial charge in [-0.05, 0) is 92.9 Å². The molecule has 0 aliphatic carbocycles. The maximum Gasteiger partial charge on any atom is 0.309 e. The van der Waals surface area contributed by atoms with Crippen LogP contribution in [-0.2, 0) is 47.8 Å². The van der Waals surface area contributed by atoms with Crippen LogP contribution in [0.4, 0.5) is 0 Å². The molecule has 0 aromatic rings. The predicted octanol–water partition coefficient (Wildman–Crippen LogP) is 6.34. The number of hydrogen-bond donors (Lipinski definition) is 3. The van der Waals surface area contributed by atoms with Gasteiger partial charge in [-0.2, -0.15) is 0 Å². The quantitative estimate of drug-likeness (QED) is 0.0865. The van der Waals surface area contributed by atoms with E-state index in [2.05, 4.69) is 5.32 Å². The first-order chi connectivity index (χ1) is 24.0. The molecule has 0 radical (unpaired) electrons. The summed E-state index contributed by atoms with van der Waals surface area (Å²) in [4.78, 5) is 91.3. The summed E-state index contributed by atoms with van der Waals surface area (Å²) < 4.78 is 10.5. The minimum absolute atomic E-state index is 0.0301. The maximum atomic E-state index is 12.6. The van der Waals surface area contributed by atoms with Gasteiger partial charge in [-0.1, -0.05) is 41.5 Å². The first kappa shape index (κ1) is 53.9. The van der Waals surface area contributed by atoms with E-state index in [1.807, 2.05) is 27.7 Å². The number of Topliss-reactive ketones (excluding diaryl/α,β-unsaturated/α-hetero) is 4. The summed E-state index contributed by atoms with van der Waals surface area (Å²) in [5, 5.41) is 11.0. The molecule has 0 unspecified atom stereocenters. The lowest BCUT2D eigenvalue weighted by Crippen LogP contribution is -2.45. The topological polar surface area (TPSA) is 213 Å². The lowest BCUT2D eigenvalue weighted by atomic mass is 9.93. The van der Waals surface area contributed by atoms with E-state index in [1.165, 1.54) is 13.8 Å². The van der Waals surface area contributed by atoms with Gasteiger partial charge >= 0.3 is 17.9 Å². The summed E-state index contributed by atoms with van der Waals surface area (Å²) in [7, 11) is 0. The maximum absolute atomic E-state index is 12.6. The Morgan fingerprint density at radius 1 is 0.585 bits per heavy atom. The van der Waals surface area contributed by atoms with Crippen molar-refractivity contribution in [2.45, 2.75) is 184 Å². The first-order valence-electron chi connectivity index (χ1n) is 18.8. The number of hydrogen-bond acceptors (Lipinski definition) is 11. The standard InChI is InChI=1S/C20H35NO5.C13H25NO3.C7H12O3/c1-13(2)18(21-17(24)11-9-8-10-15(4)22)16(23)12-14(3)19(25)26-20(5,6)7;1-8(2)11(14)10(15)7-9(3)12(16)17-13(4,5)6;1-6(8)4-2-3-5-7(9)10/h13-14,18H,8-12H2,1-7H3,(H,21,24);8-9,11H,7,14H2,1-6H3;2-5H2,1H3,(H,9,10)/t14-,18+;9-,11+;/m11./s1. The molecule has 0 heterocycles. The van der Waals surface area contributed by atoms with Crippen LogP contribution in [-0.4, -0.2) is 75.3 Å². The Labute approximate surface area is 318 Å². The van der Waals surface area contributed by atoms with Crippen LogP contribution in [0.15, 0.2) is 0 Å². The molecule has 0 saturated carbocycles. The van der Waals surface area contributed by atoms with Gasteiger partial charge in [0, 0.05) is 38.5 Å². The van der Waals surface area contributed by atoms with Crippen molar-refractivity contribution >= 4 is 46.9 Å². The van der Waals surface area contributed by atoms with E-state index >= 15 is 0 Å². The molecule has 0 aromatic heterocycles. The predicted molar refractivity (Wildman–Crippen MR) is 205 cm³/mol. The van der Waals surface area contributed by atoms with E-state index < -0.39 is 47.1 Å². The number of nitrogens with two attached hydrogens (primary N) is 1. The van der Waals surface area contributed by atoms with Crippen LogP contribution in [0.25, 0.3) is 0 Å². The van der Waals surface area contributed by atoms with Crippen LogP contribution >= 0.6 is 0 Å². The molecule has 4 atom stereocenters. The van der Waals surface area contributed by atoms with Crippen molar-refractivity contribution in [1.82, 2.24) is 5.32 Å². The lowest BCUT2D eigenvalue weighted by molar-refractivity contribution is -0.161. The van der Waals surface area contributed by atoms with Gasteiger partial charge in [-0.25, -0.2) is 0 Å². The van der Waals surface area contributed by atoms with Crippen LogP contribution in [0.3, 0.4) is 0 Å². The Hall–Kier alpha value is -3.48. The normalized spacial score (nSPS) is 13.5. The number of carboxylic acid groups (broad SMARTS) is 1. The van der Waals surface area contributed by atoms with E-state index in [0.717, 1.165) is 0 Å². The van der Waals surface area contributed by atoms with Gasteiger partial charge in [-0.15, -0.1) is 0 Å². The van der Waals surface area contributed by atoms with E-state index in [-0.39, 0.29) is 72.5 Å². The van der Waals surface area contributed by atoms with Gasteiger partial charge in [0.25, 0.3) is 0 Å². The van der Waals surface area contributed by atoms with Crippen molar-refractivity contribution in [2.75, 3.05) is 0 Å². The van der Waals surface area contributed by atoms with Crippen LogP contribution in [0, 0.1) is 23.7 Å². The fraction of sp³-hybridized carbons (Fsp3) is 0.800. The second kappa shape index (κ2) is 27.2. The molecule has 0 aromatic carbocycles. The number of carbonyl (C=O) groups excluding carboxylic acids is 7. The molecule has 13 heteroatoms. The Bertz CT molecular complexity index is 1160. The molecule has 0 aliphatic heterocycles. The number of unbranched alkanes of at least 4 members (excludes halogenated alkanes) is 2. The SMILES string of the molecule is CC(=O)CCCCC(=O)N[C@H](C(=O)C[C@@H](C)C(=O)OC(C)(C)C)C(C)C.CC(=O)CCCCC(=O)O.CC(C)[C@H](N)C(=O)C[C@@H](C)C(=O)OC(C)(C)C. The Morgan fingerprint density at radius 3 is 1.26 bits per heavy atom. The third-order valence-corrected chi connectivity index (χ3v) is 7.41. The third kappa shape index (κ3) is 32.9. The van der Waals surface area contributed by atoms with Gasteiger partial charge < -0.3 is 35.2 Å². The lowest BCUT2D eigenvalue weighted by Gasteiger charge is -2.25. The summed E-state index contributed by atoms with van der Waals surface area (Å²) in [6.45, 7) is 24.6. The Morgan fingerprint density at radius 2 is 0.943 bits per heavy atom. The minimum Gasteiger partial charge on any atom is -0.481 e. The number of ether oxygens (including phenoxy) is 2. The Kier molecular flexibility index (Phi) is 27.6. The van der Waals surface area contributed by atoms with E-state index in [9.17, 15) is 38.4 Å². The molecule has 4 N–H and O–H groups in total. The third-order valence-electron chi connectivity index (χ3n) is 7.41. The number of amides is 1. The summed E-state index contributed by atoms with van der Waals surface area (Å²) in [6.07, 6.45) is 4.18. The average Bonchev–Trinajstić information content (AvgIpc) is 2.98. The van der Waals surface area contributed by atoms with Crippen molar-refractivity contribution in [2.24, 2.45) is 29.4 Å². The zero-order valence-corrected chi connectivity index (χ0v) is 35.1. The summed E-state index contributed by atoms with van der Waals surface area (Å²) in [6, 6.07) is -1.12. The number of ketones is 4. The first-order valence-corrected chi connectivity index (χ1v) is 18.8. The fourth-order valence-electron chi connectivity index (χ4n) is 4.38. The average molecular weight is 757 g/mol. The monoisotopic (exact) mass is 757 g/mol. The molecule has 0 aliphatic rings. The molecule has 13 nitrogen and oxygen atoms in total. The van der Waals surface area contributed by atoms with E-state index in [4.69, 9.17) is 20.3 Å².